The van der Waals surface area contributed by atoms with E-state index in [0.717, 1.165) is 5.75 Å². The van der Waals surface area contributed by atoms with Gasteiger partial charge in [-0.15, -0.1) is 0 Å². The predicted molar refractivity (Wildman–Crippen MR) is 63.7 cm³/mol. The number of amides is 2. The van der Waals surface area contributed by atoms with Crippen LogP contribution >= 0.6 is 11.8 Å². The molecule has 0 bridgehead atoms. The Morgan fingerprint density at radius 1 is 1.38 bits per heavy atom. The molecule has 0 saturated carbocycles. The maximum Gasteiger partial charge on any atom is 0.314 e. The highest BCUT2D eigenvalue weighted by Crippen LogP contribution is 2.21. The van der Waals surface area contributed by atoms with Gasteiger partial charge in [-0.3, -0.25) is 4.79 Å². The third-order valence-electron chi connectivity index (χ3n) is 2.43. The molecule has 1 saturated heterocycles. The van der Waals surface area contributed by atoms with Crippen molar-refractivity contribution in [2.75, 3.05) is 24.6 Å². The van der Waals surface area contributed by atoms with Crippen molar-refractivity contribution >= 4 is 23.8 Å². The molecule has 0 aromatic rings. The molecule has 2 amide bonds. The second-order valence-electron chi connectivity index (χ2n) is 3.86. The molecule has 1 fully saturated rings. The Bertz CT molecular complexity index is 242. The number of hydrogen-bond donors (Lipinski definition) is 3. The number of urea groups is 1. The molecule has 1 rings (SSSR count). The van der Waals surface area contributed by atoms with Crippen LogP contribution in [0.4, 0.5) is 4.79 Å². The summed E-state index contributed by atoms with van der Waals surface area (Å²) >= 11 is 1.93. The average molecular weight is 246 g/mol. The number of carbonyl (C=O) groups is 2. The first-order valence-corrected chi connectivity index (χ1v) is 6.65. The van der Waals surface area contributed by atoms with Gasteiger partial charge in [-0.2, -0.15) is 11.8 Å². The molecule has 16 heavy (non-hydrogen) atoms. The van der Waals surface area contributed by atoms with Gasteiger partial charge in [-0.25, -0.2) is 4.79 Å². The van der Waals surface area contributed by atoms with Crippen molar-refractivity contribution in [1.82, 2.24) is 10.6 Å². The van der Waals surface area contributed by atoms with Crippen LogP contribution in [0.5, 0.6) is 0 Å². The van der Waals surface area contributed by atoms with Crippen molar-refractivity contribution in [1.29, 1.82) is 0 Å². The van der Waals surface area contributed by atoms with Crippen LogP contribution in [0.3, 0.4) is 0 Å². The second kappa shape index (κ2) is 7.38. The van der Waals surface area contributed by atoms with Gasteiger partial charge >= 0.3 is 12.0 Å². The number of rotatable bonds is 5. The lowest BCUT2D eigenvalue weighted by Crippen LogP contribution is -2.39. The van der Waals surface area contributed by atoms with Crippen LogP contribution in [0, 0.1) is 5.92 Å². The molecule has 1 atom stereocenters. The molecular weight excluding hydrogens is 228 g/mol. The SMILES string of the molecule is O=C(O)CCNC(=O)NCC1CCCSC1. The molecule has 0 radical (unpaired) electrons. The molecule has 0 spiro atoms. The third-order valence-corrected chi connectivity index (χ3v) is 3.71. The van der Waals surface area contributed by atoms with Crippen LogP contribution in [0.25, 0.3) is 0 Å². The average Bonchev–Trinajstić information content (AvgIpc) is 2.27. The van der Waals surface area contributed by atoms with Gasteiger partial charge in [-0.1, -0.05) is 0 Å². The van der Waals surface area contributed by atoms with Crippen LogP contribution < -0.4 is 10.6 Å². The molecule has 3 N–H and O–H groups in total. The zero-order valence-corrected chi connectivity index (χ0v) is 10.0. The first kappa shape index (κ1) is 13.2. The lowest BCUT2D eigenvalue weighted by Gasteiger charge is -2.21. The standard InChI is InChI=1S/C10H18N2O3S/c13-9(14)3-4-11-10(15)12-6-8-2-1-5-16-7-8/h8H,1-7H2,(H,13,14)(H2,11,12,15). The smallest absolute Gasteiger partial charge is 0.314 e. The van der Waals surface area contributed by atoms with Crippen LogP contribution in [-0.2, 0) is 4.79 Å². The Morgan fingerprint density at radius 3 is 2.81 bits per heavy atom. The first-order valence-electron chi connectivity index (χ1n) is 5.49. The lowest BCUT2D eigenvalue weighted by atomic mass is 10.1. The van der Waals surface area contributed by atoms with E-state index in [0.29, 0.717) is 12.5 Å². The number of carboxylic acids is 1. The molecule has 6 heteroatoms. The number of nitrogens with one attached hydrogen (secondary N) is 2. The van der Waals surface area contributed by atoms with E-state index in [1.165, 1.54) is 18.6 Å². The van der Waals surface area contributed by atoms with Crippen LogP contribution in [0.1, 0.15) is 19.3 Å². The molecule has 0 aliphatic carbocycles. The van der Waals surface area contributed by atoms with E-state index in [1.54, 1.807) is 0 Å². The summed E-state index contributed by atoms with van der Waals surface area (Å²) in [6, 6.07) is -0.267. The minimum atomic E-state index is -0.899. The van der Waals surface area contributed by atoms with Gasteiger partial charge in [0.1, 0.15) is 0 Å². The van der Waals surface area contributed by atoms with E-state index in [2.05, 4.69) is 10.6 Å². The predicted octanol–water partition coefficient (Wildman–Crippen LogP) is 0.903. The molecular formula is C10H18N2O3S. The van der Waals surface area contributed by atoms with E-state index in [1.807, 2.05) is 11.8 Å². The summed E-state index contributed by atoms with van der Waals surface area (Å²) in [6.07, 6.45) is 2.35. The monoisotopic (exact) mass is 246 g/mol. The van der Waals surface area contributed by atoms with E-state index in [-0.39, 0.29) is 19.0 Å². The van der Waals surface area contributed by atoms with Gasteiger partial charge in [0.05, 0.1) is 6.42 Å². The highest BCUT2D eigenvalue weighted by atomic mass is 32.2. The van der Waals surface area contributed by atoms with Crippen LogP contribution in [0.2, 0.25) is 0 Å². The van der Waals surface area contributed by atoms with E-state index in [9.17, 15) is 9.59 Å². The fourth-order valence-electron chi connectivity index (χ4n) is 1.55. The van der Waals surface area contributed by atoms with Gasteiger partial charge in [0, 0.05) is 13.1 Å². The third kappa shape index (κ3) is 5.85. The van der Waals surface area contributed by atoms with Gasteiger partial charge in [0.25, 0.3) is 0 Å². The number of aliphatic carboxylic acids is 1. The molecule has 1 aliphatic rings. The highest BCUT2D eigenvalue weighted by molar-refractivity contribution is 7.99. The number of carbonyl (C=O) groups excluding carboxylic acids is 1. The fourth-order valence-corrected chi connectivity index (χ4v) is 2.71. The Labute approximate surface area is 99.4 Å². The maximum absolute atomic E-state index is 11.2. The topological polar surface area (TPSA) is 78.4 Å². The summed E-state index contributed by atoms with van der Waals surface area (Å²) in [5.74, 6) is 1.99. The summed E-state index contributed by atoms with van der Waals surface area (Å²) in [4.78, 5) is 21.5. The molecule has 5 nitrogen and oxygen atoms in total. The van der Waals surface area contributed by atoms with Crippen molar-refractivity contribution in [2.45, 2.75) is 19.3 Å². The zero-order chi connectivity index (χ0) is 11.8. The molecule has 1 unspecified atom stereocenters. The van der Waals surface area contributed by atoms with Gasteiger partial charge in [0.15, 0.2) is 0 Å². The highest BCUT2D eigenvalue weighted by Gasteiger charge is 2.14. The van der Waals surface area contributed by atoms with E-state index in [4.69, 9.17) is 5.11 Å². The molecule has 1 heterocycles. The van der Waals surface area contributed by atoms with Crippen molar-refractivity contribution < 1.29 is 14.7 Å². The van der Waals surface area contributed by atoms with Crippen LogP contribution in [-0.4, -0.2) is 41.7 Å². The van der Waals surface area contributed by atoms with E-state index >= 15 is 0 Å². The molecule has 1 aliphatic heterocycles. The van der Waals surface area contributed by atoms with Crippen molar-refractivity contribution in [3.63, 3.8) is 0 Å². The number of hydrogen-bond acceptors (Lipinski definition) is 3. The Hall–Kier alpha value is -0.910. The summed E-state index contributed by atoms with van der Waals surface area (Å²) in [5.41, 5.74) is 0. The van der Waals surface area contributed by atoms with Crippen LogP contribution in [0.15, 0.2) is 0 Å². The minimum absolute atomic E-state index is 0.0350. The summed E-state index contributed by atoms with van der Waals surface area (Å²) in [7, 11) is 0. The van der Waals surface area contributed by atoms with Crippen molar-refractivity contribution in [3.05, 3.63) is 0 Å². The Balaban J connectivity index is 2.02. The molecule has 92 valence electrons. The second-order valence-corrected chi connectivity index (χ2v) is 5.01. The largest absolute Gasteiger partial charge is 0.481 e. The van der Waals surface area contributed by atoms with Gasteiger partial charge in [-0.05, 0) is 30.3 Å². The lowest BCUT2D eigenvalue weighted by molar-refractivity contribution is -0.136. The Morgan fingerprint density at radius 2 is 2.19 bits per heavy atom. The number of thioether (sulfide) groups is 1. The normalized spacial score (nSPS) is 20.1. The van der Waals surface area contributed by atoms with Gasteiger partial charge in [0.2, 0.25) is 0 Å². The molecule has 0 aromatic carbocycles. The van der Waals surface area contributed by atoms with Crippen molar-refractivity contribution in [2.24, 2.45) is 5.92 Å². The molecule has 0 aromatic heterocycles. The quantitative estimate of drug-likeness (QED) is 0.673. The summed E-state index contributed by atoms with van der Waals surface area (Å²) in [6.45, 7) is 0.868. The fraction of sp³-hybridized carbons (Fsp3) is 0.800. The summed E-state index contributed by atoms with van der Waals surface area (Å²) in [5, 5.41) is 13.7. The Kier molecular flexibility index (Phi) is 6.07. The zero-order valence-electron chi connectivity index (χ0n) is 9.20. The number of carboxylic acid groups (broad SMARTS) is 1. The maximum atomic E-state index is 11.2. The van der Waals surface area contributed by atoms with E-state index < -0.39 is 5.97 Å². The van der Waals surface area contributed by atoms with Crippen molar-refractivity contribution in [3.8, 4) is 0 Å². The summed E-state index contributed by atoms with van der Waals surface area (Å²) < 4.78 is 0. The minimum Gasteiger partial charge on any atom is -0.481 e. The first-order chi connectivity index (χ1) is 7.68. The van der Waals surface area contributed by atoms with Gasteiger partial charge < -0.3 is 15.7 Å².